The number of rotatable bonds is 3. The lowest BCUT2D eigenvalue weighted by Gasteiger charge is -2.26. The fourth-order valence-electron chi connectivity index (χ4n) is 1.87. The second-order valence-electron chi connectivity index (χ2n) is 4.51. The van der Waals surface area contributed by atoms with E-state index in [0.29, 0.717) is 6.04 Å². The van der Waals surface area contributed by atoms with E-state index in [1.165, 1.54) is 18.4 Å². The summed E-state index contributed by atoms with van der Waals surface area (Å²) >= 11 is 3.58. The summed E-state index contributed by atoms with van der Waals surface area (Å²) in [6, 6.07) is 2.72. The molecule has 1 aromatic rings. The molecule has 0 radical (unpaired) electrons. The zero-order valence-corrected chi connectivity index (χ0v) is 11.1. The smallest absolute Gasteiger partial charge is 0.142 e. The Hall–Kier alpha value is -0.570. The second kappa shape index (κ2) is 4.12. The molecule has 1 atom stereocenters. The van der Waals surface area contributed by atoms with Gasteiger partial charge in [-0.05, 0) is 60.2 Å². The van der Waals surface area contributed by atoms with E-state index in [1.807, 2.05) is 6.20 Å². The van der Waals surface area contributed by atoms with Gasteiger partial charge in [0.05, 0.1) is 4.47 Å². The van der Waals surface area contributed by atoms with Crippen LogP contribution in [0.2, 0.25) is 0 Å². The molecule has 1 aromatic heterocycles. The van der Waals surface area contributed by atoms with E-state index < -0.39 is 0 Å². The van der Waals surface area contributed by atoms with Crippen molar-refractivity contribution in [2.24, 2.45) is 5.92 Å². The Morgan fingerprint density at radius 3 is 2.73 bits per heavy atom. The van der Waals surface area contributed by atoms with Crippen molar-refractivity contribution in [2.45, 2.75) is 32.7 Å². The average molecular weight is 269 g/mol. The monoisotopic (exact) mass is 268 g/mol. The second-order valence-corrected chi connectivity index (χ2v) is 5.36. The molecule has 0 aliphatic heterocycles. The molecule has 0 N–H and O–H groups in total. The quantitative estimate of drug-likeness (QED) is 0.836. The van der Waals surface area contributed by atoms with Gasteiger partial charge in [-0.1, -0.05) is 0 Å². The summed E-state index contributed by atoms with van der Waals surface area (Å²) in [6.07, 6.45) is 4.67. The Labute approximate surface area is 99.8 Å². The van der Waals surface area contributed by atoms with Crippen LogP contribution < -0.4 is 4.90 Å². The molecule has 2 rings (SSSR count). The van der Waals surface area contributed by atoms with Crippen molar-refractivity contribution in [1.82, 2.24) is 4.98 Å². The number of hydrogen-bond acceptors (Lipinski definition) is 2. The van der Waals surface area contributed by atoms with Gasteiger partial charge in [0, 0.05) is 19.3 Å². The molecule has 1 aliphatic rings. The van der Waals surface area contributed by atoms with Crippen LogP contribution in [0, 0.1) is 12.8 Å². The normalized spacial score (nSPS) is 17.6. The molecule has 1 heterocycles. The summed E-state index contributed by atoms with van der Waals surface area (Å²) in [6.45, 7) is 4.34. The highest BCUT2D eigenvalue weighted by Gasteiger charge is 2.31. The largest absolute Gasteiger partial charge is 0.356 e. The summed E-state index contributed by atoms with van der Waals surface area (Å²) in [5, 5.41) is 0. The predicted molar refractivity (Wildman–Crippen MR) is 67.3 cm³/mol. The molecule has 0 amide bonds. The molecule has 82 valence electrons. The van der Waals surface area contributed by atoms with Gasteiger partial charge in [0.1, 0.15) is 5.82 Å². The van der Waals surface area contributed by atoms with Gasteiger partial charge in [-0.3, -0.25) is 0 Å². The summed E-state index contributed by atoms with van der Waals surface area (Å²) in [7, 11) is 2.13. The SMILES string of the molecule is Cc1cnc(N(C)C(C)C2CC2)c(Br)c1. The molecule has 3 heteroatoms. The van der Waals surface area contributed by atoms with Gasteiger partial charge in [-0.25, -0.2) is 4.98 Å². The lowest BCUT2D eigenvalue weighted by Crippen LogP contribution is -2.31. The van der Waals surface area contributed by atoms with Crippen molar-refractivity contribution in [3.05, 3.63) is 22.3 Å². The van der Waals surface area contributed by atoms with Gasteiger partial charge in [0.25, 0.3) is 0 Å². The van der Waals surface area contributed by atoms with E-state index in [2.05, 4.69) is 52.8 Å². The van der Waals surface area contributed by atoms with Crippen molar-refractivity contribution in [3.63, 3.8) is 0 Å². The third kappa shape index (κ3) is 2.33. The average Bonchev–Trinajstić information content (AvgIpc) is 2.99. The van der Waals surface area contributed by atoms with Gasteiger partial charge in [-0.15, -0.1) is 0 Å². The van der Waals surface area contributed by atoms with Crippen molar-refractivity contribution < 1.29 is 0 Å². The number of aryl methyl sites for hydroxylation is 1. The third-order valence-corrected chi connectivity index (χ3v) is 3.79. The van der Waals surface area contributed by atoms with Crippen LogP contribution in [-0.2, 0) is 0 Å². The highest BCUT2D eigenvalue weighted by atomic mass is 79.9. The summed E-state index contributed by atoms with van der Waals surface area (Å²) in [4.78, 5) is 6.77. The van der Waals surface area contributed by atoms with E-state index in [-0.39, 0.29) is 0 Å². The molecular weight excluding hydrogens is 252 g/mol. The van der Waals surface area contributed by atoms with E-state index in [4.69, 9.17) is 0 Å². The Bertz CT molecular complexity index is 361. The molecule has 1 unspecified atom stereocenters. The first-order valence-corrected chi connectivity index (χ1v) is 6.24. The number of halogens is 1. The molecule has 2 nitrogen and oxygen atoms in total. The Balaban J connectivity index is 2.20. The standard InChI is InChI=1S/C12H17BrN2/c1-8-6-11(13)12(14-7-8)15(3)9(2)10-4-5-10/h6-7,9-10H,4-5H2,1-3H3. The first-order chi connectivity index (χ1) is 7.09. The van der Waals surface area contributed by atoms with Crippen molar-refractivity contribution in [3.8, 4) is 0 Å². The maximum absolute atomic E-state index is 4.49. The zero-order valence-electron chi connectivity index (χ0n) is 9.50. The maximum Gasteiger partial charge on any atom is 0.142 e. The zero-order chi connectivity index (χ0) is 11.0. The molecule has 0 bridgehead atoms. The molecule has 0 spiro atoms. The molecule has 15 heavy (non-hydrogen) atoms. The molecule has 1 aliphatic carbocycles. The highest BCUT2D eigenvalue weighted by Crippen LogP contribution is 2.37. The van der Waals surface area contributed by atoms with Crippen LogP contribution in [-0.4, -0.2) is 18.1 Å². The van der Waals surface area contributed by atoms with Crippen LogP contribution in [0.4, 0.5) is 5.82 Å². The van der Waals surface area contributed by atoms with E-state index >= 15 is 0 Å². The van der Waals surface area contributed by atoms with Gasteiger partial charge in [0.15, 0.2) is 0 Å². The summed E-state index contributed by atoms with van der Waals surface area (Å²) in [5.41, 5.74) is 1.19. The summed E-state index contributed by atoms with van der Waals surface area (Å²) < 4.78 is 1.09. The minimum atomic E-state index is 0.594. The van der Waals surface area contributed by atoms with Crippen LogP contribution in [0.5, 0.6) is 0 Å². The predicted octanol–water partition coefficient (Wildman–Crippen LogP) is 3.39. The van der Waals surface area contributed by atoms with Crippen LogP contribution in [0.15, 0.2) is 16.7 Å². The Morgan fingerprint density at radius 2 is 2.20 bits per heavy atom. The lowest BCUT2D eigenvalue weighted by molar-refractivity contribution is 0.603. The number of aromatic nitrogens is 1. The van der Waals surface area contributed by atoms with Gasteiger partial charge in [0.2, 0.25) is 0 Å². The molecule has 1 saturated carbocycles. The number of hydrogen-bond donors (Lipinski definition) is 0. The van der Waals surface area contributed by atoms with E-state index in [9.17, 15) is 0 Å². The Kier molecular flexibility index (Phi) is 3.01. The fraction of sp³-hybridized carbons (Fsp3) is 0.583. The third-order valence-electron chi connectivity index (χ3n) is 3.21. The number of anilines is 1. The highest BCUT2D eigenvalue weighted by molar-refractivity contribution is 9.10. The van der Waals surface area contributed by atoms with Crippen molar-refractivity contribution in [1.29, 1.82) is 0 Å². The van der Waals surface area contributed by atoms with E-state index in [1.54, 1.807) is 0 Å². The number of pyridine rings is 1. The first kappa shape index (κ1) is 10.9. The first-order valence-electron chi connectivity index (χ1n) is 5.44. The van der Waals surface area contributed by atoms with Crippen molar-refractivity contribution in [2.75, 3.05) is 11.9 Å². The van der Waals surface area contributed by atoms with Crippen LogP contribution in [0.3, 0.4) is 0 Å². The van der Waals surface area contributed by atoms with Gasteiger partial charge < -0.3 is 4.90 Å². The molecule has 1 fully saturated rings. The minimum Gasteiger partial charge on any atom is -0.356 e. The number of nitrogens with zero attached hydrogens (tertiary/aromatic N) is 2. The van der Waals surface area contributed by atoms with Crippen LogP contribution >= 0.6 is 15.9 Å². The van der Waals surface area contributed by atoms with Crippen LogP contribution in [0.1, 0.15) is 25.3 Å². The summed E-state index contributed by atoms with van der Waals surface area (Å²) in [5.74, 6) is 1.92. The van der Waals surface area contributed by atoms with Gasteiger partial charge in [-0.2, -0.15) is 0 Å². The minimum absolute atomic E-state index is 0.594. The molecule has 0 saturated heterocycles. The molecular formula is C12H17BrN2. The van der Waals surface area contributed by atoms with Crippen LogP contribution in [0.25, 0.3) is 0 Å². The maximum atomic E-state index is 4.49. The topological polar surface area (TPSA) is 16.1 Å². The van der Waals surface area contributed by atoms with Gasteiger partial charge >= 0.3 is 0 Å². The Morgan fingerprint density at radius 1 is 1.53 bits per heavy atom. The van der Waals surface area contributed by atoms with E-state index in [0.717, 1.165) is 16.2 Å². The molecule has 0 aromatic carbocycles. The fourth-order valence-corrected chi connectivity index (χ4v) is 2.62. The lowest BCUT2D eigenvalue weighted by atomic mass is 10.2. The van der Waals surface area contributed by atoms with Crippen molar-refractivity contribution >= 4 is 21.7 Å².